The molecule has 6 nitrogen and oxygen atoms in total. The lowest BCUT2D eigenvalue weighted by atomic mass is 10.2. The van der Waals surface area contributed by atoms with Crippen LogP contribution in [0.15, 0.2) is 34.1 Å². The molecule has 0 bridgehead atoms. The number of phenols is 1. The standard InChI is InChI=1S/C14H9F3O6S/c1-23-9-3-2-6(4-8(9)18)24(21,22)10-5-7(14(19)20)11(15)13(17)12(10)16/h2-5,18H,1H3,(H,19,20). The average Bonchev–Trinajstić information content (AvgIpc) is 2.52. The first kappa shape index (κ1) is 17.6. The zero-order valence-corrected chi connectivity index (χ0v) is 12.7. The third kappa shape index (κ3) is 2.75. The third-order valence-electron chi connectivity index (χ3n) is 3.09. The summed E-state index contributed by atoms with van der Waals surface area (Å²) in [6, 6.07) is 2.86. The Hall–Kier alpha value is -2.75. The van der Waals surface area contributed by atoms with Crippen LogP contribution in [0.25, 0.3) is 0 Å². The predicted molar refractivity (Wildman–Crippen MR) is 73.4 cm³/mol. The van der Waals surface area contributed by atoms with Gasteiger partial charge in [-0.3, -0.25) is 0 Å². The van der Waals surface area contributed by atoms with E-state index in [1.54, 1.807) is 0 Å². The Morgan fingerprint density at radius 3 is 2.21 bits per heavy atom. The van der Waals surface area contributed by atoms with Gasteiger partial charge in [0.05, 0.1) is 17.6 Å². The number of hydrogen-bond donors (Lipinski definition) is 2. The summed E-state index contributed by atoms with van der Waals surface area (Å²) in [5.41, 5.74) is -1.34. The number of ether oxygens (including phenoxy) is 1. The van der Waals surface area contributed by atoms with Gasteiger partial charge in [0.2, 0.25) is 9.84 Å². The van der Waals surface area contributed by atoms with Crippen molar-refractivity contribution >= 4 is 15.8 Å². The van der Waals surface area contributed by atoms with Crippen LogP contribution in [0.2, 0.25) is 0 Å². The molecule has 0 heterocycles. The van der Waals surface area contributed by atoms with E-state index in [-0.39, 0.29) is 11.8 Å². The van der Waals surface area contributed by atoms with Crippen molar-refractivity contribution in [3.8, 4) is 11.5 Å². The number of sulfone groups is 1. The summed E-state index contributed by atoms with van der Waals surface area (Å²) >= 11 is 0. The van der Waals surface area contributed by atoms with E-state index in [1.165, 1.54) is 7.11 Å². The lowest BCUT2D eigenvalue weighted by Crippen LogP contribution is -2.12. The summed E-state index contributed by atoms with van der Waals surface area (Å²) in [6.07, 6.45) is 0. The molecule has 0 unspecified atom stereocenters. The van der Waals surface area contributed by atoms with E-state index in [4.69, 9.17) is 9.84 Å². The van der Waals surface area contributed by atoms with Gasteiger partial charge in [0.15, 0.2) is 29.0 Å². The third-order valence-corrected chi connectivity index (χ3v) is 4.84. The van der Waals surface area contributed by atoms with E-state index in [9.17, 15) is 31.5 Å². The van der Waals surface area contributed by atoms with E-state index in [0.717, 1.165) is 12.1 Å². The number of aromatic hydroxyl groups is 1. The summed E-state index contributed by atoms with van der Waals surface area (Å²) in [6.45, 7) is 0. The highest BCUT2D eigenvalue weighted by Crippen LogP contribution is 2.33. The molecule has 0 aliphatic carbocycles. The number of aromatic carboxylic acids is 1. The van der Waals surface area contributed by atoms with Crippen molar-refractivity contribution in [1.29, 1.82) is 0 Å². The second-order valence-corrected chi connectivity index (χ2v) is 6.42. The van der Waals surface area contributed by atoms with Gasteiger partial charge in [0, 0.05) is 6.07 Å². The highest BCUT2D eigenvalue weighted by atomic mass is 32.2. The van der Waals surface area contributed by atoms with Crippen LogP contribution in [-0.2, 0) is 9.84 Å². The molecule has 2 aromatic carbocycles. The second kappa shape index (κ2) is 6.04. The number of hydrogen-bond acceptors (Lipinski definition) is 5. The molecule has 0 fully saturated rings. The van der Waals surface area contributed by atoms with Crippen molar-refractivity contribution in [3.05, 3.63) is 47.3 Å². The minimum atomic E-state index is -4.77. The van der Waals surface area contributed by atoms with Gasteiger partial charge in [-0.25, -0.2) is 26.4 Å². The van der Waals surface area contributed by atoms with Crippen LogP contribution in [0, 0.1) is 17.5 Å². The van der Waals surface area contributed by atoms with E-state index in [0.29, 0.717) is 6.07 Å². The Morgan fingerprint density at radius 1 is 1.08 bits per heavy atom. The van der Waals surface area contributed by atoms with Crippen LogP contribution >= 0.6 is 0 Å². The minimum Gasteiger partial charge on any atom is -0.504 e. The predicted octanol–water partition coefficient (Wildman–Crippen LogP) is 2.35. The fourth-order valence-corrected chi connectivity index (χ4v) is 3.26. The number of carboxylic acid groups (broad SMARTS) is 1. The number of benzene rings is 2. The summed E-state index contributed by atoms with van der Waals surface area (Å²) in [4.78, 5) is 8.82. The van der Waals surface area contributed by atoms with Crippen LogP contribution in [0.3, 0.4) is 0 Å². The van der Waals surface area contributed by atoms with E-state index < -0.39 is 54.4 Å². The second-order valence-electron chi connectivity index (χ2n) is 4.51. The van der Waals surface area contributed by atoms with Crippen molar-refractivity contribution in [2.45, 2.75) is 9.79 Å². The summed E-state index contributed by atoms with van der Waals surface area (Å²) in [7, 11) is -3.57. The lowest BCUT2D eigenvalue weighted by Gasteiger charge is -2.10. The van der Waals surface area contributed by atoms with Crippen molar-refractivity contribution in [3.63, 3.8) is 0 Å². The maximum atomic E-state index is 13.9. The molecule has 0 amide bonds. The Labute approximate surface area is 133 Å². The van der Waals surface area contributed by atoms with E-state index in [2.05, 4.69) is 0 Å². The van der Waals surface area contributed by atoms with Gasteiger partial charge in [0.25, 0.3) is 0 Å². The molecule has 0 aliphatic heterocycles. The van der Waals surface area contributed by atoms with Gasteiger partial charge < -0.3 is 14.9 Å². The van der Waals surface area contributed by atoms with Crippen molar-refractivity contribution < 1.29 is 41.3 Å². The molecule has 0 spiro atoms. The SMILES string of the molecule is COc1ccc(S(=O)(=O)c2cc(C(=O)O)c(F)c(F)c2F)cc1O. The fourth-order valence-electron chi connectivity index (χ4n) is 1.90. The summed E-state index contributed by atoms with van der Waals surface area (Å²) in [5.74, 6) is -8.96. The first-order chi connectivity index (χ1) is 11.1. The van der Waals surface area contributed by atoms with Gasteiger partial charge in [-0.2, -0.15) is 0 Å². The molecule has 0 aliphatic rings. The monoisotopic (exact) mass is 362 g/mol. The maximum Gasteiger partial charge on any atom is 0.338 e. The molecule has 24 heavy (non-hydrogen) atoms. The highest BCUT2D eigenvalue weighted by molar-refractivity contribution is 7.91. The molecule has 0 aromatic heterocycles. The molecule has 2 aromatic rings. The van der Waals surface area contributed by atoms with Gasteiger partial charge in [-0.15, -0.1) is 0 Å². The Morgan fingerprint density at radius 2 is 1.71 bits per heavy atom. The summed E-state index contributed by atoms with van der Waals surface area (Å²) < 4.78 is 70.2. The number of phenolic OH excluding ortho intramolecular Hbond substituents is 1. The van der Waals surface area contributed by atoms with E-state index in [1.807, 2.05) is 0 Å². The lowest BCUT2D eigenvalue weighted by molar-refractivity contribution is 0.0690. The van der Waals surface area contributed by atoms with Crippen molar-refractivity contribution in [1.82, 2.24) is 0 Å². The summed E-state index contributed by atoms with van der Waals surface area (Å²) in [5, 5.41) is 18.4. The largest absolute Gasteiger partial charge is 0.504 e. The Balaban J connectivity index is 2.74. The van der Waals surface area contributed by atoms with Crippen molar-refractivity contribution in [2.24, 2.45) is 0 Å². The molecule has 2 N–H and O–H groups in total. The maximum absolute atomic E-state index is 13.9. The fraction of sp³-hybridized carbons (Fsp3) is 0.0714. The molecule has 0 radical (unpaired) electrons. The molecule has 2 rings (SSSR count). The van der Waals surface area contributed by atoms with Crippen molar-refractivity contribution in [2.75, 3.05) is 7.11 Å². The van der Waals surface area contributed by atoms with Gasteiger partial charge in [-0.1, -0.05) is 0 Å². The smallest absolute Gasteiger partial charge is 0.338 e. The quantitative estimate of drug-likeness (QED) is 0.640. The van der Waals surface area contributed by atoms with Gasteiger partial charge >= 0.3 is 5.97 Å². The number of methoxy groups -OCH3 is 1. The van der Waals surface area contributed by atoms with Gasteiger partial charge in [-0.05, 0) is 18.2 Å². The Kier molecular flexibility index (Phi) is 4.43. The molecule has 0 atom stereocenters. The topological polar surface area (TPSA) is 101 Å². The number of halogens is 3. The zero-order valence-electron chi connectivity index (χ0n) is 11.9. The molecule has 0 saturated heterocycles. The number of carboxylic acids is 1. The van der Waals surface area contributed by atoms with Crippen LogP contribution in [0.1, 0.15) is 10.4 Å². The number of carbonyl (C=O) groups is 1. The van der Waals surface area contributed by atoms with Crippen LogP contribution in [0.4, 0.5) is 13.2 Å². The van der Waals surface area contributed by atoms with Crippen LogP contribution in [0.5, 0.6) is 11.5 Å². The van der Waals surface area contributed by atoms with E-state index >= 15 is 0 Å². The molecular formula is C14H9F3O6S. The molecule has 0 saturated carbocycles. The normalized spacial score (nSPS) is 11.3. The zero-order chi connectivity index (χ0) is 18.2. The molecule has 128 valence electrons. The van der Waals surface area contributed by atoms with Gasteiger partial charge in [0.1, 0.15) is 4.90 Å². The Bertz CT molecular complexity index is 940. The van der Waals surface area contributed by atoms with Crippen LogP contribution < -0.4 is 4.74 Å². The van der Waals surface area contributed by atoms with Crippen LogP contribution in [-0.4, -0.2) is 31.7 Å². The first-order valence-corrected chi connectivity index (χ1v) is 7.62. The molecule has 10 heteroatoms. The average molecular weight is 362 g/mol. The molecular weight excluding hydrogens is 353 g/mol. The number of rotatable bonds is 4. The highest BCUT2D eigenvalue weighted by Gasteiger charge is 2.30. The minimum absolute atomic E-state index is 0.0778. The first-order valence-electron chi connectivity index (χ1n) is 6.14.